The lowest BCUT2D eigenvalue weighted by Gasteiger charge is -2.24. The van der Waals surface area contributed by atoms with Gasteiger partial charge < -0.3 is 0 Å². The van der Waals surface area contributed by atoms with Crippen molar-refractivity contribution in [3.8, 4) is 0 Å². The average Bonchev–Trinajstić information content (AvgIpc) is 2.83. The fourth-order valence-corrected chi connectivity index (χ4v) is 5.75. The first-order valence-electron chi connectivity index (χ1n) is 12.6. The Bertz CT molecular complexity index is 1070. The summed E-state index contributed by atoms with van der Waals surface area (Å²) in [5, 5.41) is 4.86. The number of nitrogens with one attached hydrogen (secondary N) is 1. The molecule has 3 rings (SSSR count). The molecule has 0 aromatic heterocycles. The summed E-state index contributed by atoms with van der Waals surface area (Å²) in [5.74, 6) is -0.471. The van der Waals surface area contributed by atoms with Gasteiger partial charge >= 0.3 is 0 Å². The molecular formula is C27H36ClN3O3S. The minimum atomic E-state index is -3.98. The van der Waals surface area contributed by atoms with Gasteiger partial charge in [-0.2, -0.15) is 5.10 Å². The molecule has 1 N–H and O–H groups in total. The molecule has 0 saturated heterocycles. The molecule has 0 aliphatic heterocycles. The van der Waals surface area contributed by atoms with E-state index in [4.69, 9.17) is 11.6 Å². The van der Waals surface area contributed by atoms with Gasteiger partial charge in [0.25, 0.3) is 15.9 Å². The summed E-state index contributed by atoms with van der Waals surface area (Å²) in [6.45, 7) is 1.55. The maximum Gasteiger partial charge on any atom is 0.264 e. The van der Waals surface area contributed by atoms with E-state index in [0.29, 0.717) is 10.7 Å². The van der Waals surface area contributed by atoms with Gasteiger partial charge in [-0.3, -0.25) is 9.10 Å². The van der Waals surface area contributed by atoms with Crippen LogP contribution in [0.3, 0.4) is 0 Å². The maximum atomic E-state index is 13.5. The van der Waals surface area contributed by atoms with Gasteiger partial charge in [0, 0.05) is 10.7 Å². The van der Waals surface area contributed by atoms with Crippen LogP contribution in [0.1, 0.15) is 76.2 Å². The molecule has 190 valence electrons. The lowest BCUT2D eigenvalue weighted by molar-refractivity contribution is -0.119. The molecule has 0 radical (unpaired) electrons. The quantitative estimate of drug-likeness (QED) is 0.437. The van der Waals surface area contributed by atoms with Gasteiger partial charge in [-0.05, 0) is 69.0 Å². The molecule has 1 aliphatic carbocycles. The number of aryl methyl sites for hydroxylation is 1. The van der Waals surface area contributed by atoms with Gasteiger partial charge in [-0.15, -0.1) is 0 Å². The molecule has 0 spiro atoms. The number of benzene rings is 2. The summed E-state index contributed by atoms with van der Waals surface area (Å²) in [5.41, 5.74) is 5.03. The zero-order valence-corrected chi connectivity index (χ0v) is 22.1. The highest BCUT2D eigenvalue weighted by atomic mass is 35.5. The number of carbonyl (C=O) groups is 1. The molecule has 1 aliphatic rings. The van der Waals surface area contributed by atoms with Crippen LogP contribution in [0.5, 0.6) is 0 Å². The number of rotatable bonds is 6. The van der Waals surface area contributed by atoms with Crippen LogP contribution in [0.25, 0.3) is 0 Å². The summed E-state index contributed by atoms with van der Waals surface area (Å²) >= 11 is 5.95. The number of carbonyl (C=O) groups excluding carboxylic acids is 1. The Morgan fingerprint density at radius 2 is 1.37 bits per heavy atom. The molecule has 8 heteroatoms. The molecule has 1 fully saturated rings. The molecular weight excluding hydrogens is 482 g/mol. The third kappa shape index (κ3) is 8.65. The molecule has 0 atom stereocenters. The van der Waals surface area contributed by atoms with Crippen molar-refractivity contribution in [2.24, 2.45) is 5.10 Å². The van der Waals surface area contributed by atoms with Crippen molar-refractivity contribution >= 4 is 38.9 Å². The lowest BCUT2D eigenvalue weighted by Crippen LogP contribution is -2.39. The first-order chi connectivity index (χ1) is 16.9. The van der Waals surface area contributed by atoms with Crippen LogP contribution in [-0.4, -0.2) is 26.6 Å². The van der Waals surface area contributed by atoms with Crippen LogP contribution >= 0.6 is 11.6 Å². The highest BCUT2D eigenvalue weighted by Crippen LogP contribution is 2.25. The van der Waals surface area contributed by atoms with Crippen LogP contribution in [0.4, 0.5) is 5.69 Å². The van der Waals surface area contributed by atoms with E-state index in [9.17, 15) is 13.2 Å². The molecule has 1 amide bonds. The second-order valence-electron chi connectivity index (χ2n) is 9.20. The fraction of sp³-hybridized carbons (Fsp3) is 0.481. The molecule has 2 aromatic carbocycles. The topological polar surface area (TPSA) is 78.8 Å². The summed E-state index contributed by atoms with van der Waals surface area (Å²) < 4.78 is 28.0. The van der Waals surface area contributed by atoms with Gasteiger partial charge in [0.15, 0.2) is 0 Å². The van der Waals surface area contributed by atoms with Gasteiger partial charge in [0.2, 0.25) is 0 Å². The number of sulfonamides is 1. The van der Waals surface area contributed by atoms with Crippen LogP contribution in [0.15, 0.2) is 58.5 Å². The van der Waals surface area contributed by atoms with Crippen molar-refractivity contribution in [3.63, 3.8) is 0 Å². The van der Waals surface area contributed by atoms with Crippen molar-refractivity contribution in [2.45, 2.75) is 82.4 Å². The minimum Gasteiger partial charge on any atom is -0.271 e. The molecule has 0 bridgehead atoms. The Morgan fingerprint density at radius 1 is 0.857 bits per heavy atom. The number of amides is 1. The van der Waals surface area contributed by atoms with Crippen LogP contribution < -0.4 is 9.73 Å². The van der Waals surface area contributed by atoms with E-state index in [0.717, 1.165) is 41.3 Å². The summed E-state index contributed by atoms with van der Waals surface area (Å²) in [6, 6.07) is 13.0. The number of hydrogen-bond acceptors (Lipinski definition) is 4. The average molecular weight is 518 g/mol. The highest BCUT2D eigenvalue weighted by Gasteiger charge is 2.27. The van der Waals surface area contributed by atoms with E-state index in [1.807, 2.05) is 19.1 Å². The number of nitrogens with zero attached hydrogens (tertiary/aromatic N) is 2. The number of anilines is 1. The number of hydrazone groups is 1. The first-order valence-corrected chi connectivity index (χ1v) is 14.4. The predicted molar refractivity (Wildman–Crippen MR) is 144 cm³/mol. The summed E-state index contributed by atoms with van der Waals surface area (Å²) in [6.07, 6.45) is 12.6. The van der Waals surface area contributed by atoms with E-state index in [-0.39, 0.29) is 11.4 Å². The predicted octanol–water partition coefficient (Wildman–Crippen LogP) is 6.62. The summed E-state index contributed by atoms with van der Waals surface area (Å²) in [7, 11) is -3.98. The van der Waals surface area contributed by atoms with Crippen LogP contribution in [0, 0.1) is 6.92 Å². The van der Waals surface area contributed by atoms with E-state index < -0.39 is 15.9 Å². The molecule has 0 unspecified atom stereocenters. The molecule has 6 nitrogen and oxygen atoms in total. The largest absolute Gasteiger partial charge is 0.271 e. The monoisotopic (exact) mass is 517 g/mol. The van der Waals surface area contributed by atoms with Crippen molar-refractivity contribution in [2.75, 3.05) is 10.8 Å². The Hall–Kier alpha value is -2.38. The second kappa shape index (κ2) is 13.6. The second-order valence-corrected chi connectivity index (χ2v) is 11.5. The first kappa shape index (κ1) is 27.2. The van der Waals surface area contributed by atoms with Gasteiger partial charge in [-0.1, -0.05) is 74.2 Å². The number of hydrogen-bond donors (Lipinski definition) is 1. The molecule has 1 saturated carbocycles. The lowest BCUT2D eigenvalue weighted by atomic mass is 10.00. The van der Waals surface area contributed by atoms with Gasteiger partial charge in [0.05, 0.1) is 10.6 Å². The van der Waals surface area contributed by atoms with Crippen molar-refractivity contribution < 1.29 is 13.2 Å². The van der Waals surface area contributed by atoms with E-state index >= 15 is 0 Å². The van der Waals surface area contributed by atoms with Crippen LogP contribution in [-0.2, 0) is 14.8 Å². The van der Waals surface area contributed by atoms with Gasteiger partial charge in [0.1, 0.15) is 6.54 Å². The zero-order valence-electron chi connectivity index (χ0n) is 20.5. The Labute approximate surface area is 214 Å². The minimum absolute atomic E-state index is 0.0703. The Morgan fingerprint density at radius 3 is 1.91 bits per heavy atom. The van der Waals surface area contributed by atoms with E-state index in [2.05, 4.69) is 10.5 Å². The zero-order chi connectivity index (χ0) is 25.1. The number of halogens is 1. The third-order valence-electron chi connectivity index (χ3n) is 6.28. The smallest absolute Gasteiger partial charge is 0.264 e. The van der Waals surface area contributed by atoms with Crippen molar-refractivity contribution in [1.29, 1.82) is 0 Å². The third-order valence-corrected chi connectivity index (χ3v) is 8.32. The SMILES string of the molecule is Cc1ccc(N(CC(=O)NN=C2CCCCCCCCCCC2)S(=O)(=O)c2ccc(Cl)cc2)cc1. The molecule has 35 heavy (non-hydrogen) atoms. The van der Waals surface area contributed by atoms with Crippen LogP contribution in [0.2, 0.25) is 5.02 Å². The molecule has 0 heterocycles. The summed E-state index contributed by atoms with van der Waals surface area (Å²) in [4.78, 5) is 13.0. The van der Waals surface area contributed by atoms with Gasteiger partial charge in [-0.25, -0.2) is 13.8 Å². The molecule has 2 aromatic rings. The standard InChI is InChI=1S/C27H36ClN3O3S/c1-22-13-17-25(18-14-22)31(35(33,34)26-19-15-23(28)16-20-26)21-27(32)30-29-24-11-9-7-5-3-2-4-6-8-10-12-24/h13-20H,2-12,21H2,1H3,(H,30,32). The maximum absolute atomic E-state index is 13.5. The van der Waals surface area contributed by atoms with E-state index in [1.165, 1.54) is 69.2 Å². The van der Waals surface area contributed by atoms with E-state index in [1.54, 1.807) is 12.1 Å². The Kier molecular flexibility index (Phi) is 10.6. The fourth-order valence-electron chi connectivity index (χ4n) is 4.20. The normalized spacial score (nSPS) is 16.0. The van der Waals surface area contributed by atoms with Crippen molar-refractivity contribution in [1.82, 2.24) is 5.43 Å². The Balaban J connectivity index is 1.75. The van der Waals surface area contributed by atoms with Crippen molar-refractivity contribution in [3.05, 3.63) is 59.1 Å². The highest BCUT2D eigenvalue weighted by molar-refractivity contribution is 7.92.